The van der Waals surface area contributed by atoms with Crippen molar-refractivity contribution in [1.29, 1.82) is 0 Å². The summed E-state index contributed by atoms with van der Waals surface area (Å²) in [4.78, 5) is 37.3. The lowest BCUT2D eigenvalue weighted by Crippen LogP contribution is -2.30. The van der Waals surface area contributed by atoms with Crippen LogP contribution in [0, 0.1) is 0 Å². The van der Waals surface area contributed by atoms with Gasteiger partial charge in [-0.2, -0.15) is 0 Å². The van der Waals surface area contributed by atoms with Crippen LogP contribution in [0.1, 0.15) is 33.2 Å². The highest BCUT2D eigenvalue weighted by molar-refractivity contribution is 6.10. The van der Waals surface area contributed by atoms with Crippen molar-refractivity contribution in [1.82, 2.24) is 5.32 Å². The summed E-state index contributed by atoms with van der Waals surface area (Å²) in [5, 5.41) is 5.43. The molecule has 0 aromatic heterocycles. The number of anilines is 1. The van der Waals surface area contributed by atoms with Gasteiger partial charge < -0.3 is 15.4 Å². The smallest absolute Gasteiger partial charge is 0.338 e. The first-order valence-electron chi connectivity index (χ1n) is 9.78. The second kappa shape index (κ2) is 10.5. The van der Waals surface area contributed by atoms with Gasteiger partial charge in [-0.1, -0.05) is 48.5 Å². The number of carbonyl (C=O) groups is 3. The Bertz CT molecular complexity index is 1080. The van der Waals surface area contributed by atoms with Gasteiger partial charge >= 0.3 is 5.97 Å². The van der Waals surface area contributed by atoms with Crippen LogP contribution in [-0.4, -0.2) is 24.4 Å². The fourth-order valence-corrected chi connectivity index (χ4v) is 2.76. The standard InChI is InChI=1S/C25H22N2O4/c1-2-31-25(30)20-13-15-21(16-14-20)26-24(29)22(17-18-9-5-3-6-10-18)27-23(28)19-11-7-4-8-12-19/h3-17H,2H2,1H3,(H,26,29)(H,27,28)/b22-17-. The number of esters is 1. The van der Waals surface area contributed by atoms with E-state index in [9.17, 15) is 14.4 Å². The van der Waals surface area contributed by atoms with Crippen LogP contribution in [0.2, 0.25) is 0 Å². The molecule has 6 heteroatoms. The lowest BCUT2D eigenvalue weighted by molar-refractivity contribution is -0.113. The molecule has 3 rings (SSSR count). The minimum Gasteiger partial charge on any atom is -0.462 e. The lowest BCUT2D eigenvalue weighted by Gasteiger charge is -2.12. The maximum Gasteiger partial charge on any atom is 0.338 e. The predicted octanol–water partition coefficient (Wildman–Crippen LogP) is 4.27. The Morgan fingerprint density at radius 2 is 1.42 bits per heavy atom. The predicted molar refractivity (Wildman–Crippen MR) is 119 cm³/mol. The average Bonchev–Trinajstić information content (AvgIpc) is 2.80. The highest BCUT2D eigenvalue weighted by Gasteiger charge is 2.15. The first kappa shape index (κ1) is 21.5. The molecule has 0 saturated heterocycles. The molecule has 6 nitrogen and oxygen atoms in total. The zero-order valence-corrected chi connectivity index (χ0v) is 17.0. The number of nitrogens with one attached hydrogen (secondary N) is 2. The van der Waals surface area contributed by atoms with Gasteiger partial charge in [-0.25, -0.2) is 4.79 Å². The van der Waals surface area contributed by atoms with E-state index in [4.69, 9.17) is 4.74 Å². The monoisotopic (exact) mass is 414 g/mol. The number of benzene rings is 3. The first-order valence-corrected chi connectivity index (χ1v) is 9.78. The molecule has 2 N–H and O–H groups in total. The lowest BCUT2D eigenvalue weighted by atomic mass is 10.1. The molecule has 0 spiro atoms. The van der Waals surface area contributed by atoms with E-state index < -0.39 is 17.8 Å². The van der Waals surface area contributed by atoms with Crippen molar-refractivity contribution in [2.24, 2.45) is 0 Å². The molecule has 3 aromatic rings. The van der Waals surface area contributed by atoms with E-state index in [2.05, 4.69) is 10.6 Å². The van der Waals surface area contributed by atoms with Crippen LogP contribution >= 0.6 is 0 Å². The highest BCUT2D eigenvalue weighted by atomic mass is 16.5. The Morgan fingerprint density at radius 1 is 0.806 bits per heavy atom. The van der Waals surface area contributed by atoms with Gasteiger partial charge in [-0.15, -0.1) is 0 Å². The van der Waals surface area contributed by atoms with Gasteiger partial charge in [-0.3, -0.25) is 9.59 Å². The number of rotatable bonds is 7. The summed E-state index contributed by atoms with van der Waals surface area (Å²) in [6.45, 7) is 2.02. The molecule has 0 aliphatic heterocycles. The van der Waals surface area contributed by atoms with Crippen LogP contribution in [0.15, 0.2) is 90.6 Å². The third kappa shape index (κ3) is 6.14. The van der Waals surface area contributed by atoms with Crippen molar-refractivity contribution >= 4 is 29.5 Å². The number of carbonyl (C=O) groups excluding carboxylic acids is 3. The van der Waals surface area contributed by atoms with Gasteiger partial charge in [0.1, 0.15) is 5.70 Å². The van der Waals surface area contributed by atoms with Gasteiger partial charge in [0.25, 0.3) is 11.8 Å². The van der Waals surface area contributed by atoms with Crippen LogP contribution in [0.5, 0.6) is 0 Å². The minimum atomic E-state index is -0.489. The van der Waals surface area contributed by atoms with E-state index in [1.807, 2.05) is 36.4 Å². The average molecular weight is 414 g/mol. The fourth-order valence-electron chi connectivity index (χ4n) is 2.76. The molecule has 0 unspecified atom stereocenters. The second-order valence-corrected chi connectivity index (χ2v) is 6.54. The minimum absolute atomic E-state index is 0.0922. The van der Waals surface area contributed by atoms with Crippen LogP contribution < -0.4 is 10.6 Å². The number of ether oxygens (including phenoxy) is 1. The van der Waals surface area contributed by atoms with E-state index in [0.29, 0.717) is 16.8 Å². The fraction of sp³-hybridized carbons (Fsp3) is 0.0800. The third-order valence-corrected chi connectivity index (χ3v) is 4.29. The number of hydrogen-bond acceptors (Lipinski definition) is 4. The summed E-state index contributed by atoms with van der Waals surface area (Å²) in [5.41, 5.74) is 2.16. The molecule has 0 heterocycles. The third-order valence-electron chi connectivity index (χ3n) is 4.29. The maximum absolute atomic E-state index is 12.9. The molecular formula is C25H22N2O4. The molecule has 3 aromatic carbocycles. The molecule has 0 bridgehead atoms. The number of hydrogen-bond donors (Lipinski definition) is 2. The van der Waals surface area contributed by atoms with Crippen LogP contribution in [0.25, 0.3) is 6.08 Å². The van der Waals surface area contributed by atoms with Gasteiger partial charge in [0, 0.05) is 11.3 Å². The summed E-state index contributed by atoms with van der Waals surface area (Å²) >= 11 is 0. The summed E-state index contributed by atoms with van der Waals surface area (Å²) in [5.74, 6) is -1.31. The Hall–Kier alpha value is -4.19. The Balaban J connectivity index is 1.80. The summed E-state index contributed by atoms with van der Waals surface area (Å²) in [6, 6.07) is 24.2. The zero-order chi connectivity index (χ0) is 22.1. The second-order valence-electron chi connectivity index (χ2n) is 6.54. The van der Waals surface area contributed by atoms with E-state index >= 15 is 0 Å². The van der Waals surface area contributed by atoms with Crippen LogP contribution in [0.4, 0.5) is 5.69 Å². The molecule has 31 heavy (non-hydrogen) atoms. The Labute approximate surface area is 180 Å². The van der Waals surface area contributed by atoms with Crippen molar-refractivity contribution < 1.29 is 19.1 Å². The largest absolute Gasteiger partial charge is 0.462 e. The van der Waals surface area contributed by atoms with Crippen molar-refractivity contribution in [3.8, 4) is 0 Å². The summed E-state index contributed by atoms with van der Waals surface area (Å²) in [7, 11) is 0. The van der Waals surface area contributed by atoms with E-state index in [0.717, 1.165) is 5.56 Å². The molecule has 0 aliphatic rings. The summed E-state index contributed by atoms with van der Waals surface area (Å²) < 4.78 is 4.96. The normalized spacial score (nSPS) is 10.8. The van der Waals surface area contributed by atoms with E-state index in [1.165, 1.54) is 0 Å². The molecule has 0 saturated carbocycles. The SMILES string of the molecule is CCOC(=O)c1ccc(NC(=O)/C(=C/c2ccccc2)NC(=O)c2ccccc2)cc1. The molecule has 156 valence electrons. The maximum atomic E-state index is 12.9. The molecule has 0 fully saturated rings. The molecule has 0 radical (unpaired) electrons. The van der Waals surface area contributed by atoms with Gasteiger partial charge in [0.15, 0.2) is 0 Å². The van der Waals surface area contributed by atoms with E-state index in [1.54, 1.807) is 61.5 Å². The van der Waals surface area contributed by atoms with Gasteiger partial charge in [-0.05, 0) is 55.0 Å². The zero-order valence-electron chi connectivity index (χ0n) is 17.0. The molecule has 0 aliphatic carbocycles. The Kier molecular flexibility index (Phi) is 7.32. The van der Waals surface area contributed by atoms with Crippen LogP contribution in [-0.2, 0) is 9.53 Å². The molecule has 0 atom stereocenters. The topological polar surface area (TPSA) is 84.5 Å². The molecular weight excluding hydrogens is 392 g/mol. The van der Waals surface area contributed by atoms with Gasteiger partial charge in [0.05, 0.1) is 12.2 Å². The first-order chi connectivity index (χ1) is 15.1. The van der Waals surface area contributed by atoms with Gasteiger partial charge in [0.2, 0.25) is 0 Å². The quantitative estimate of drug-likeness (QED) is 0.447. The Morgan fingerprint density at radius 3 is 2.03 bits per heavy atom. The van der Waals surface area contributed by atoms with Crippen molar-refractivity contribution in [2.75, 3.05) is 11.9 Å². The van der Waals surface area contributed by atoms with Crippen LogP contribution in [0.3, 0.4) is 0 Å². The molecule has 2 amide bonds. The van der Waals surface area contributed by atoms with Crippen molar-refractivity contribution in [2.45, 2.75) is 6.92 Å². The summed E-state index contributed by atoms with van der Waals surface area (Å²) in [6.07, 6.45) is 1.60. The van der Waals surface area contributed by atoms with Crippen molar-refractivity contribution in [3.63, 3.8) is 0 Å². The van der Waals surface area contributed by atoms with Crippen molar-refractivity contribution in [3.05, 3.63) is 107 Å². The number of amides is 2. The van der Waals surface area contributed by atoms with E-state index in [-0.39, 0.29) is 12.3 Å². The highest BCUT2D eigenvalue weighted by Crippen LogP contribution is 2.13.